The predicted molar refractivity (Wildman–Crippen MR) is 62.0 cm³/mol. The first kappa shape index (κ1) is 14.7. The van der Waals surface area contributed by atoms with Crippen molar-refractivity contribution in [3.05, 3.63) is 0 Å². The molecule has 15 heavy (non-hydrogen) atoms. The number of hydrogen-bond donors (Lipinski definition) is 2. The summed E-state index contributed by atoms with van der Waals surface area (Å²) in [6.07, 6.45) is 0.996. The van der Waals surface area contributed by atoms with Crippen molar-refractivity contribution in [2.75, 3.05) is 6.61 Å². The van der Waals surface area contributed by atoms with Crippen LogP contribution in [-0.4, -0.2) is 30.7 Å². The number of nitrogens with two attached hydrogens (primary N) is 1. The maximum Gasteiger partial charge on any atom is 0.237 e. The Bertz CT molecular complexity index is 212. The second kappa shape index (κ2) is 6.30. The molecule has 1 heterocycles. The molecule has 0 aromatic heterocycles. The van der Waals surface area contributed by atoms with Crippen molar-refractivity contribution in [3.63, 3.8) is 0 Å². The largest absolute Gasteiger partial charge is 0.376 e. The highest BCUT2D eigenvalue weighted by Gasteiger charge is 2.28. The Kier molecular flexibility index (Phi) is 6.17. The van der Waals surface area contributed by atoms with E-state index in [-0.39, 0.29) is 36.4 Å². The first-order valence-electron chi connectivity index (χ1n) is 5.20. The minimum Gasteiger partial charge on any atom is -0.376 e. The van der Waals surface area contributed by atoms with Gasteiger partial charge in [-0.25, -0.2) is 0 Å². The van der Waals surface area contributed by atoms with E-state index >= 15 is 0 Å². The van der Waals surface area contributed by atoms with Crippen LogP contribution in [0.25, 0.3) is 0 Å². The molecular formula is C10H21ClN2O2. The number of amides is 1. The third-order valence-corrected chi connectivity index (χ3v) is 2.72. The molecule has 5 heteroatoms. The fourth-order valence-electron chi connectivity index (χ4n) is 1.50. The second-order valence-corrected chi connectivity index (χ2v) is 4.25. The minimum absolute atomic E-state index is 0. The summed E-state index contributed by atoms with van der Waals surface area (Å²) in [5.74, 6) is 0.106. The predicted octanol–water partition coefficient (Wildman–Crippen LogP) is 0.685. The van der Waals surface area contributed by atoms with Crippen LogP contribution in [0.5, 0.6) is 0 Å². The van der Waals surface area contributed by atoms with Crippen molar-refractivity contribution in [3.8, 4) is 0 Å². The molecule has 1 aliphatic rings. The fraction of sp³-hybridized carbons (Fsp3) is 0.900. The molecule has 4 nitrogen and oxygen atoms in total. The summed E-state index contributed by atoms with van der Waals surface area (Å²) < 4.78 is 5.35. The van der Waals surface area contributed by atoms with Gasteiger partial charge in [0.1, 0.15) is 0 Å². The van der Waals surface area contributed by atoms with E-state index in [1.807, 2.05) is 20.8 Å². The van der Waals surface area contributed by atoms with Gasteiger partial charge in [-0.3, -0.25) is 4.79 Å². The van der Waals surface area contributed by atoms with Crippen LogP contribution in [0.1, 0.15) is 27.2 Å². The van der Waals surface area contributed by atoms with Gasteiger partial charge in [0, 0.05) is 6.61 Å². The summed E-state index contributed by atoms with van der Waals surface area (Å²) in [5.41, 5.74) is 5.73. The number of carbonyl (C=O) groups is 1. The van der Waals surface area contributed by atoms with Crippen LogP contribution in [0.15, 0.2) is 0 Å². The Labute approximate surface area is 97.3 Å². The van der Waals surface area contributed by atoms with Gasteiger partial charge in [-0.2, -0.15) is 0 Å². The van der Waals surface area contributed by atoms with Gasteiger partial charge >= 0.3 is 0 Å². The van der Waals surface area contributed by atoms with E-state index in [2.05, 4.69) is 5.32 Å². The summed E-state index contributed by atoms with van der Waals surface area (Å²) in [7, 11) is 0. The summed E-state index contributed by atoms with van der Waals surface area (Å²) in [4.78, 5) is 11.6. The topological polar surface area (TPSA) is 64.3 Å². The lowest BCUT2D eigenvalue weighted by atomic mass is 10.0. The van der Waals surface area contributed by atoms with E-state index in [4.69, 9.17) is 10.5 Å². The Balaban J connectivity index is 0.00000196. The summed E-state index contributed by atoms with van der Waals surface area (Å²) in [6.45, 7) is 6.58. The maximum atomic E-state index is 11.6. The van der Waals surface area contributed by atoms with E-state index in [1.165, 1.54) is 0 Å². The Morgan fingerprint density at radius 3 is 2.53 bits per heavy atom. The van der Waals surface area contributed by atoms with E-state index in [0.29, 0.717) is 0 Å². The molecule has 2 unspecified atom stereocenters. The minimum atomic E-state index is -0.414. The van der Waals surface area contributed by atoms with Crippen molar-refractivity contribution < 1.29 is 9.53 Å². The molecule has 3 atom stereocenters. The number of rotatable bonds is 3. The molecule has 1 amide bonds. The second-order valence-electron chi connectivity index (χ2n) is 4.25. The first-order valence-corrected chi connectivity index (χ1v) is 5.20. The van der Waals surface area contributed by atoms with Gasteiger partial charge in [0.15, 0.2) is 0 Å². The molecule has 1 saturated heterocycles. The van der Waals surface area contributed by atoms with Gasteiger partial charge in [-0.05, 0) is 19.3 Å². The molecule has 0 radical (unpaired) electrons. The molecule has 0 aliphatic carbocycles. The lowest BCUT2D eigenvalue weighted by Gasteiger charge is -2.20. The first-order chi connectivity index (χ1) is 6.52. The number of carbonyl (C=O) groups excluding carboxylic acids is 1. The van der Waals surface area contributed by atoms with E-state index in [0.717, 1.165) is 13.0 Å². The Hall–Kier alpha value is -0.320. The lowest BCUT2D eigenvalue weighted by Crippen LogP contribution is -2.49. The molecule has 0 aromatic carbocycles. The molecule has 0 aromatic rings. The average molecular weight is 237 g/mol. The SMILES string of the molecule is CC1OCCC1NC(=O)[C@H](N)C(C)C.Cl. The van der Waals surface area contributed by atoms with Gasteiger partial charge in [0.05, 0.1) is 18.2 Å². The van der Waals surface area contributed by atoms with Crippen LogP contribution < -0.4 is 11.1 Å². The highest BCUT2D eigenvalue weighted by Crippen LogP contribution is 2.13. The fourth-order valence-corrected chi connectivity index (χ4v) is 1.50. The molecule has 90 valence electrons. The third kappa shape index (κ3) is 3.97. The van der Waals surface area contributed by atoms with Crippen molar-refractivity contribution in [1.29, 1.82) is 0 Å². The van der Waals surface area contributed by atoms with Gasteiger partial charge in [0.25, 0.3) is 0 Å². The van der Waals surface area contributed by atoms with Crippen molar-refractivity contribution >= 4 is 18.3 Å². The maximum absolute atomic E-state index is 11.6. The standard InChI is InChI=1S/C10H20N2O2.ClH/c1-6(2)9(11)10(13)12-8-4-5-14-7(8)3;/h6-9H,4-5,11H2,1-3H3,(H,12,13);1H/t7?,8?,9-;/m1./s1. The Morgan fingerprint density at radius 1 is 1.53 bits per heavy atom. The molecule has 0 saturated carbocycles. The molecular weight excluding hydrogens is 216 g/mol. The van der Waals surface area contributed by atoms with Gasteiger partial charge in [-0.15, -0.1) is 12.4 Å². The highest BCUT2D eigenvalue weighted by atomic mass is 35.5. The number of nitrogens with one attached hydrogen (secondary N) is 1. The zero-order valence-electron chi connectivity index (χ0n) is 9.53. The third-order valence-electron chi connectivity index (χ3n) is 2.72. The van der Waals surface area contributed by atoms with Crippen LogP contribution in [0.3, 0.4) is 0 Å². The monoisotopic (exact) mass is 236 g/mol. The van der Waals surface area contributed by atoms with Crippen LogP contribution in [0.4, 0.5) is 0 Å². The molecule has 3 N–H and O–H groups in total. The van der Waals surface area contributed by atoms with E-state index in [1.54, 1.807) is 0 Å². The molecule has 1 fully saturated rings. The smallest absolute Gasteiger partial charge is 0.237 e. The van der Waals surface area contributed by atoms with Crippen LogP contribution in [0, 0.1) is 5.92 Å². The summed E-state index contributed by atoms with van der Waals surface area (Å²) >= 11 is 0. The lowest BCUT2D eigenvalue weighted by molar-refractivity contribution is -0.124. The van der Waals surface area contributed by atoms with Crippen LogP contribution >= 0.6 is 12.4 Å². The zero-order chi connectivity index (χ0) is 10.7. The van der Waals surface area contributed by atoms with E-state index in [9.17, 15) is 4.79 Å². The normalized spacial score (nSPS) is 27.3. The average Bonchev–Trinajstić information content (AvgIpc) is 2.50. The van der Waals surface area contributed by atoms with Gasteiger partial charge in [0.2, 0.25) is 5.91 Å². The van der Waals surface area contributed by atoms with Crippen LogP contribution in [0.2, 0.25) is 0 Å². The van der Waals surface area contributed by atoms with Gasteiger partial charge < -0.3 is 15.8 Å². The number of hydrogen-bond acceptors (Lipinski definition) is 3. The van der Waals surface area contributed by atoms with Crippen LogP contribution in [-0.2, 0) is 9.53 Å². The zero-order valence-corrected chi connectivity index (χ0v) is 10.3. The van der Waals surface area contributed by atoms with Crippen molar-refractivity contribution in [1.82, 2.24) is 5.32 Å². The van der Waals surface area contributed by atoms with E-state index < -0.39 is 6.04 Å². The summed E-state index contributed by atoms with van der Waals surface area (Å²) in [6, 6.07) is -0.282. The molecule has 0 spiro atoms. The van der Waals surface area contributed by atoms with Crippen molar-refractivity contribution in [2.45, 2.75) is 45.4 Å². The Morgan fingerprint density at radius 2 is 2.13 bits per heavy atom. The molecule has 1 aliphatic heterocycles. The molecule has 1 rings (SSSR count). The summed E-state index contributed by atoms with van der Waals surface area (Å²) in [5, 5.41) is 2.92. The van der Waals surface area contributed by atoms with Gasteiger partial charge in [-0.1, -0.05) is 13.8 Å². The quantitative estimate of drug-likeness (QED) is 0.758. The molecule has 0 bridgehead atoms. The van der Waals surface area contributed by atoms with Crippen molar-refractivity contribution in [2.24, 2.45) is 11.7 Å². The number of halogens is 1. The number of ether oxygens (including phenoxy) is 1. The highest BCUT2D eigenvalue weighted by molar-refractivity contribution is 5.85.